The van der Waals surface area contributed by atoms with E-state index in [1.54, 1.807) is 35.6 Å². The van der Waals surface area contributed by atoms with E-state index >= 15 is 0 Å². The third-order valence-corrected chi connectivity index (χ3v) is 4.28. The van der Waals surface area contributed by atoms with Gasteiger partial charge >= 0.3 is 5.97 Å². The highest BCUT2D eigenvalue weighted by molar-refractivity contribution is 7.09. The van der Waals surface area contributed by atoms with Crippen molar-refractivity contribution in [3.8, 4) is 0 Å². The molecule has 0 saturated carbocycles. The molecular formula is C16H17NO3S. The predicted molar refractivity (Wildman–Crippen MR) is 82.2 cm³/mol. The van der Waals surface area contributed by atoms with Gasteiger partial charge in [-0.3, -0.25) is 4.79 Å². The summed E-state index contributed by atoms with van der Waals surface area (Å²) in [6.45, 7) is 1.51. The molecule has 5 heteroatoms. The van der Waals surface area contributed by atoms with Crippen LogP contribution in [0.1, 0.15) is 23.8 Å². The van der Waals surface area contributed by atoms with Crippen molar-refractivity contribution in [2.45, 2.75) is 25.3 Å². The predicted octanol–water partition coefficient (Wildman–Crippen LogP) is 2.80. The van der Waals surface area contributed by atoms with E-state index in [1.807, 2.05) is 23.6 Å². The molecule has 1 heterocycles. The van der Waals surface area contributed by atoms with E-state index in [-0.39, 0.29) is 12.3 Å². The van der Waals surface area contributed by atoms with Crippen LogP contribution in [0.2, 0.25) is 0 Å². The molecule has 1 atom stereocenters. The number of hydrogen-bond acceptors (Lipinski definition) is 3. The summed E-state index contributed by atoms with van der Waals surface area (Å²) in [6.07, 6.45) is 0.893. The van der Waals surface area contributed by atoms with Gasteiger partial charge in [0.15, 0.2) is 5.54 Å². The Labute approximate surface area is 127 Å². The largest absolute Gasteiger partial charge is 0.479 e. The van der Waals surface area contributed by atoms with E-state index in [0.717, 1.165) is 4.88 Å². The standard InChI is InChI=1S/C16H17NO3S/c1-16(15(19)20,12-6-3-2-4-7-12)17-14(18)10-9-13-8-5-11-21-13/h2-8,11H,9-10H2,1H3,(H,17,18)(H,19,20). The van der Waals surface area contributed by atoms with Gasteiger partial charge in [0.1, 0.15) is 0 Å². The Balaban J connectivity index is 2.06. The van der Waals surface area contributed by atoms with Gasteiger partial charge in [0.05, 0.1) is 0 Å². The van der Waals surface area contributed by atoms with E-state index in [0.29, 0.717) is 12.0 Å². The van der Waals surface area contributed by atoms with Gasteiger partial charge < -0.3 is 10.4 Å². The number of carbonyl (C=O) groups is 2. The van der Waals surface area contributed by atoms with Gasteiger partial charge in [-0.2, -0.15) is 0 Å². The van der Waals surface area contributed by atoms with Gasteiger partial charge in [0, 0.05) is 11.3 Å². The molecular weight excluding hydrogens is 286 g/mol. The minimum atomic E-state index is -1.41. The number of benzene rings is 1. The molecule has 21 heavy (non-hydrogen) atoms. The molecule has 0 fully saturated rings. The van der Waals surface area contributed by atoms with Crippen LogP contribution in [0.4, 0.5) is 0 Å². The lowest BCUT2D eigenvalue weighted by atomic mass is 9.92. The number of carboxylic acid groups (broad SMARTS) is 1. The lowest BCUT2D eigenvalue weighted by molar-refractivity contribution is -0.147. The molecule has 0 aliphatic rings. The summed E-state index contributed by atoms with van der Waals surface area (Å²) in [4.78, 5) is 24.8. The normalized spacial score (nSPS) is 13.4. The number of amides is 1. The van der Waals surface area contributed by atoms with Crippen molar-refractivity contribution in [2.75, 3.05) is 0 Å². The molecule has 0 aliphatic carbocycles. The van der Waals surface area contributed by atoms with Crippen molar-refractivity contribution >= 4 is 23.2 Å². The molecule has 0 bridgehead atoms. The maximum Gasteiger partial charge on any atom is 0.333 e. The van der Waals surface area contributed by atoms with Gasteiger partial charge in [0.25, 0.3) is 0 Å². The molecule has 1 aromatic carbocycles. The fraction of sp³-hybridized carbons (Fsp3) is 0.250. The van der Waals surface area contributed by atoms with Crippen molar-refractivity contribution in [1.82, 2.24) is 5.32 Å². The molecule has 1 unspecified atom stereocenters. The summed E-state index contributed by atoms with van der Waals surface area (Å²) in [5.41, 5.74) is -0.852. The monoisotopic (exact) mass is 303 g/mol. The van der Waals surface area contributed by atoms with E-state index in [9.17, 15) is 14.7 Å². The minimum Gasteiger partial charge on any atom is -0.479 e. The summed E-state index contributed by atoms with van der Waals surface area (Å²) < 4.78 is 0. The van der Waals surface area contributed by atoms with Crippen molar-refractivity contribution in [1.29, 1.82) is 0 Å². The van der Waals surface area contributed by atoms with E-state index in [1.165, 1.54) is 6.92 Å². The molecule has 110 valence electrons. The van der Waals surface area contributed by atoms with E-state index in [4.69, 9.17) is 0 Å². The fourth-order valence-corrected chi connectivity index (χ4v) is 2.76. The first-order chi connectivity index (χ1) is 10.0. The molecule has 0 saturated heterocycles. The first-order valence-corrected chi connectivity index (χ1v) is 7.52. The molecule has 0 spiro atoms. The van der Waals surface area contributed by atoms with Gasteiger partial charge in [-0.15, -0.1) is 11.3 Å². The van der Waals surface area contributed by atoms with Crippen molar-refractivity contribution in [3.63, 3.8) is 0 Å². The Bertz CT molecular complexity index is 610. The summed E-state index contributed by atoms with van der Waals surface area (Å²) in [7, 11) is 0. The van der Waals surface area contributed by atoms with Crippen LogP contribution < -0.4 is 5.32 Å². The molecule has 0 aliphatic heterocycles. The summed E-state index contributed by atoms with van der Waals surface area (Å²) in [5, 5.41) is 14.1. The topological polar surface area (TPSA) is 66.4 Å². The SMILES string of the molecule is CC(NC(=O)CCc1cccs1)(C(=O)O)c1ccccc1. The van der Waals surface area contributed by atoms with Crippen LogP contribution in [-0.4, -0.2) is 17.0 Å². The second kappa shape index (κ2) is 6.54. The van der Waals surface area contributed by atoms with E-state index < -0.39 is 11.5 Å². The Hall–Kier alpha value is -2.14. The number of rotatable bonds is 6. The van der Waals surface area contributed by atoms with Crippen LogP contribution in [0, 0.1) is 0 Å². The molecule has 1 amide bonds. The van der Waals surface area contributed by atoms with Crippen LogP contribution >= 0.6 is 11.3 Å². The average molecular weight is 303 g/mol. The smallest absolute Gasteiger partial charge is 0.333 e. The maximum atomic E-state index is 12.1. The average Bonchev–Trinajstić information content (AvgIpc) is 2.99. The summed E-state index contributed by atoms with van der Waals surface area (Å²) in [5.74, 6) is -1.34. The highest BCUT2D eigenvalue weighted by Crippen LogP contribution is 2.21. The number of carbonyl (C=O) groups excluding carboxylic acids is 1. The number of carboxylic acids is 1. The molecule has 2 rings (SSSR count). The summed E-state index contributed by atoms with van der Waals surface area (Å²) >= 11 is 1.59. The lowest BCUT2D eigenvalue weighted by Crippen LogP contribution is -2.49. The molecule has 4 nitrogen and oxygen atoms in total. The van der Waals surface area contributed by atoms with Gasteiger partial charge in [-0.05, 0) is 30.4 Å². The van der Waals surface area contributed by atoms with Crippen LogP contribution in [0.5, 0.6) is 0 Å². The second-order valence-electron chi connectivity index (χ2n) is 4.92. The van der Waals surface area contributed by atoms with Crippen LogP contribution in [0.25, 0.3) is 0 Å². The first-order valence-electron chi connectivity index (χ1n) is 6.64. The zero-order valence-electron chi connectivity index (χ0n) is 11.7. The third-order valence-electron chi connectivity index (χ3n) is 3.35. The zero-order valence-corrected chi connectivity index (χ0v) is 12.5. The van der Waals surface area contributed by atoms with Gasteiger partial charge in [-0.1, -0.05) is 36.4 Å². The van der Waals surface area contributed by atoms with Crippen LogP contribution in [-0.2, 0) is 21.5 Å². The number of aryl methyl sites for hydroxylation is 1. The number of thiophene rings is 1. The van der Waals surface area contributed by atoms with Gasteiger partial charge in [0.2, 0.25) is 5.91 Å². The number of hydrogen-bond donors (Lipinski definition) is 2. The highest BCUT2D eigenvalue weighted by Gasteiger charge is 2.36. The summed E-state index contributed by atoms with van der Waals surface area (Å²) in [6, 6.07) is 12.6. The highest BCUT2D eigenvalue weighted by atomic mass is 32.1. The molecule has 0 radical (unpaired) electrons. The van der Waals surface area contributed by atoms with Crippen molar-refractivity contribution in [3.05, 3.63) is 58.3 Å². The van der Waals surface area contributed by atoms with Crippen molar-refractivity contribution in [2.24, 2.45) is 0 Å². The number of aliphatic carboxylic acids is 1. The van der Waals surface area contributed by atoms with Crippen molar-refractivity contribution < 1.29 is 14.7 Å². The molecule has 2 N–H and O–H groups in total. The molecule has 1 aromatic heterocycles. The Kier molecular flexibility index (Phi) is 4.75. The molecule has 2 aromatic rings. The maximum absolute atomic E-state index is 12.1. The zero-order chi connectivity index (χ0) is 15.3. The van der Waals surface area contributed by atoms with Gasteiger partial charge in [-0.25, -0.2) is 4.79 Å². The minimum absolute atomic E-state index is 0.267. The lowest BCUT2D eigenvalue weighted by Gasteiger charge is -2.26. The Morgan fingerprint density at radius 1 is 1.19 bits per heavy atom. The first kappa shape index (κ1) is 15.3. The van der Waals surface area contributed by atoms with E-state index in [2.05, 4.69) is 5.32 Å². The van der Waals surface area contributed by atoms with Crippen LogP contribution in [0.15, 0.2) is 47.8 Å². The second-order valence-corrected chi connectivity index (χ2v) is 5.96. The Morgan fingerprint density at radius 2 is 1.90 bits per heavy atom. The third kappa shape index (κ3) is 3.70. The Morgan fingerprint density at radius 3 is 2.48 bits per heavy atom. The fourth-order valence-electron chi connectivity index (χ4n) is 2.05. The number of nitrogens with one attached hydrogen (secondary N) is 1. The quantitative estimate of drug-likeness (QED) is 0.862. The van der Waals surface area contributed by atoms with Crippen LogP contribution in [0.3, 0.4) is 0 Å².